The van der Waals surface area contributed by atoms with E-state index in [1.165, 1.54) is 6.39 Å². The lowest BCUT2D eigenvalue weighted by Crippen LogP contribution is -2.23. The van der Waals surface area contributed by atoms with Crippen LogP contribution in [-0.2, 0) is 9.53 Å². The summed E-state index contributed by atoms with van der Waals surface area (Å²) < 4.78 is 9.97. The molecule has 0 radical (unpaired) electrons. The van der Waals surface area contributed by atoms with Crippen molar-refractivity contribution in [2.24, 2.45) is 5.73 Å². The largest absolute Gasteiger partial charge is 0.465 e. The molecule has 5 nitrogen and oxygen atoms in total. The first-order chi connectivity index (χ1) is 7.72. The summed E-state index contributed by atoms with van der Waals surface area (Å²) in [6.07, 6.45) is 1.35. The second-order valence-electron chi connectivity index (χ2n) is 3.31. The monoisotopic (exact) mass is 220 g/mol. The Bertz CT molecular complexity index is 507. The highest BCUT2D eigenvalue weighted by Crippen LogP contribution is 2.19. The van der Waals surface area contributed by atoms with E-state index >= 15 is 0 Å². The topological polar surface area (TPSA) is 78.4 Å². The Morgan fingerprint density at radius 1 is 1.62 bits per heavy atom. The van der Waals surface area contributed by atoms with Gasteiger partial charge in [-0.3, -0.25) is 0 Å². The molecule has 0 saturated carbocycles. The first-order valence-corrected chi connectivity index (χ1v) is 4.97. The molecule has 0 aliphatic carbocycles. The second kappa shape index (κ2) is 4.32. The normalized spacial score (nSPS) is 12.6. The molecule has 1 aromatic heterocycles. The third-order valence-corrected chi connectivity index (χ3v) is 2.25. The smallest absolute Gasteiger partial charge is 0.327 e. The number of nitrogens with zero attached hydrogens (tertiary/aromatic N) is 1. The third kappa shape index (κ3) is 1.90. The van der Waals surface area contributed by atoms with E-state index in [1.807, 2.05) is 0 Å². The average Bonchev–Trinajstić information content (AvgIpc) is 2.75. The van der Waals surface area contributed by atoms with Crippen molar-refractivity contribution in [1.29, 1.82) is 0 Å². The molecule has 0 aliphatic heterocycles. The molecular formula is C11H12N2O3. The highest BCUT2D eigenvalue weighted by atomic mass is 16.5. The fraction of sp³-hybridized carbons (Fsp3) is 0.273. The van der Waals surface area contributed by atoms with Crippen LogP contribution >= 0.6 is 0 Å². The Hall–Kier alpha value is -1.88. The number of esters is 1. The molecule has 1 unspecified atom stereocenters. The molecule has 0 amide bonds. The number of hydrogen-bond donors (Lipinski definition) is 1. The summed E-state index contributed by atoms with van der Waals surface area (Å²) in [7, 11) is 0. The molecule has 1 heterocycles. The van der Waals surface area contributed by atoms with Gasteiger partial charge in [-0.1, -0.05) is 6.07 Å². The number of ether oxygens (including phenoxy) is 1. The summed E-state index contributed by atoms with van der Waals surface area (Å²) in [5.41, 5.74) is 7.75. The number of fused-ring (bicyclic) bond motifs is 1. The Labute approximate surface area is 92.2 Å². The molecule has 2 rings (SSSR count). The number of carbonyl (C=O) groups is 1. The Morgan fingerprint density at radius 2 is 2.44 bits per heavy atom. The molecule has 1 aromatic carbocycles. The second-order valence-corrected chi connectivity index (χ2v) is 3.31. The summed E-state index contributed by atoms with van der Waals surface area (Å²) in [5.74, 6) is -0.443. The van der Waals surface area contributed by atoms with Crippen molar-refractivity contribution < 1.29 is 13.9 Å². The Balaban J connectivity index is 2.28. The van der Waals surface area contributed by atoms with Crippen LogP contribution < -0.4 is 5.73 Å². The van der Waals surface area contributed by atoms with Crippen LogP contribution in [0.15, 0.2) is 29.0 Å². The highest BCUT2D eigenvalue weighted by Gasteiger charge is 2.17. The van der Waals surface area contributed by atoms with Gasteiger partial charge in [-0.15, -0.1) is 0 Å². The Kier molecular flexibility index (Phi) is 2.87. The van der Waals surface area contributed by atoms with Crippen molar-refractivity contribution in [2.75, 3.05) is 6.61 Å². The van der Waals surface area contributed by atoms with Gasteiger partial charge in [-0.2, -0.15) is 0 Å². The lowest BCUT2D eigenvalue weighted by Gasteiger charge is -2.10. The van der Waals surface area contributed by atoms with Crippen LogP contribution in [0.25, 0.3) is 11.1 Å². The summed E-state index contributed by atoms with van der Waals surface area (Å²) in [4.78, 5) is 15.4. The van der Waals surface area contributed by atoms with Crippen LogP contribution in [0.3, 0.4) is 0 Å². The SMILES string of the molecule is CCOC(=O)C(N)c1ccc2ncoc2c1. The molecule has 84 valence electrons. The summed E-state index contributed by atoms with van der Waals surface area (Å²) in [5, 5.41) is 0. The maximum atomic E-state index is 11.4. The third-order valence-electron chi connectivity index (χ3n) is 2.25. The number of nitrogens with two attached hydrogens (primary N) is 1. The van der Waals surface area contributed by atoms with Crippen molar-refractivity contribution in [2.45, 2.75) is 13.0 Å². The van der Waals surface area contributed by atoms with Crippen LogP contribution in [0.1, 0.15) is 18.5 Å². The summed E-state index contributed by atoms with van der Waals surface area (Å²) >= 11 is 0. The van der Waals surface area contributed by atoms with E-state index in [1.54, 1.807) is 25.1 Å². The minimum atomic E-state index is -0.783. The number of oxazole rings is 1. The van der Waals surface area contributed by atoms with Gasteiger partial charge < -0.3 is 14.9 Å². The lowest BCUT2D eigenvalue weighted by molar-refractivity contribution is -0.144. The van der Waals surface area contributed by atoms with Crippen molar-refractivity contribution in [3.8, 4) is 0 Å². The van der Waals surface area contributed by atoms with Crippen molar-refractivity contribution in [3.05, 3.63) is 30.2 Å². The van der Waals surface area contributed by atoms with E-state index in [2.05, 4.69) is 4.98 Å². The van der Waals surface area contributed by atoms with Crippen LogP contribution in [0.2, 0.25) is 0 Å². The average molecular weight is 220 g/mol. The summed E-state index contributed by atoms with van der Waals surface area (Å²) in [6, 6.07) is 4.42. The Morgan fingerprint density at radius 3 is 3.19 bits per heavy atom. The van der Waals surface area contributed by atoms with E-state index in [0.717, 1.165) is 5.52 Å². The number of benzene rings is 1. The fourth-order valence-electron chi connectivity index (χ4n) is 1.43. The molecule has 16 heavy (non-hydrogen) atoms. The maximum Gasteiger partial charge on any atom is 0.327 e. The van der Waals surface area contributed by atoms with Gasteiger partial charge in [0.25, 0.3) is 0 Å². The molecule has 2 N–H and O–H groups in total. The van der Waals surface area contributed by atoms with Gasteiger partial charge in [0.2, 0.25) is 0 Å². The van der Waals surface area contributed by atoms with Crippen LogP contribution in [0.5, 0.6) is 0 Å². The zero-order chi connectivity index (χ0) is 11.5. The number of hydrogen-bond acceptors (Lipinski definition) is 5. The predicted molar refractivity (Wildman–Crippen MR) is 57.6 cm³/mol. The van der Waals surface area contributed by atoms with Gasteiger partial charge in [-0.05, 0) is 24.6 Å². The van der Waals surface area contributed by atoms with Gasteiger partial charge in [0, 0.05) is 0 Å². The van der Waals surface area contributed by atoms with Crippen molar-refractivity contribution in [3.63, 3.8) is 0 Å². The van der Waals surface area contributed by atoms with E-state index < -0.39 is 12.0 Å². The van der Waals surface area contributed by atoms with Crippen molar-refractivity contribution in [1.82, 2.24) is 4.98 Å². The van der Waals surface area contributed by atoms with Crippen LogP contribution in [0, 0.1) is 0 Å². The van der Waals surface area contributed by atoms with Gasteiger partial charge in [0.15, 0.2) is 12.0 Å². The molecule has 5 heteroatoms. The zero-order valence-electron chi connectivity index (χ0n) is 8.84. The van der Waals surface area contributed by atoms with E-state index in [9.17, 15) is 4.79 Å². The van der Waals surface area contributed by atoms with Crippen LogP contribution in [-0.4, -0.2) is 17.6 Å². The van der Waals surface area contributed by atoms with Gasteiger partial charge >= 0.3 is 5.97 Å². The maximum absolute atomic E-state index is 11.4. The molecule has 0 fully saturated rings. The fourth-order valence-corrected chi connectivity index (χ4v) is 1.43. The minimum absolute atomic E-state index is 0.317. The molecule has 0 saturated heterocycles. The molecule has 1 atom stereocenters. The molecule has 0 bridgehead atoms. The van der Waals surface area contributed by atoms with E-state index in [4.69, 9.17) is 14.9 Å². The van der Waals surface area contributed by atoms with Gasteiger partial charge in [0.05, 0.1) is 6.61 Å². The van der Waals surface area contributed by atoms with Gasteiger partial charge in [0.1, 0.15) is 11.6 Å². The quantitative estimate of drug-likeness (QED) is 0.791. The summed E-state index contributed by atoms with van der Waals surface area (Å²) in [6.45, 7) is 2.06. The number of aromatic nitrogens is 1. The molecule has 0 spiro atoms. The standard InChI is InChI=1S/C11H12N2O3/c1-2-15-11(14)10(12)7-3-4-8-9(5-7)16-6-13-8/h3-6,10H,2,12H2,1H3. The van der Waals surface area contributed by atoms with Gasteiger partial charge in [-0.25, -0.2) is 9.78 Å². The number of carbonyl (C=O) groups excluding carboxylic acids is 1. The molecular weight excluding hydrogens is 208 g/mol. The first kappa shape index (κ1) is 10.6. The van der Waals surface area contributed by atoms with Crippen molar-refractivity contribution >= 4 is 17.1 Å². The lowest BCUT2D eigenvalue weighted by atomic mass is 10.1. The first-order valence-electron chi connectivity index (χ1n) is 4.97. The number of rotatable bonds is 3. The molecule has 0 aliphatic rings. The van der Waals surface area contributed by atoms with E-state index in [-0.39, 0.29) is 0 Å². The van der Waals surface area contributed by atoms with E-state index in [0.29, 0.717) is 17.8 Å². The minimum Gasteiger partial charge on any atom is -0.465 e. The highest BCUT2D eigenvalue weighted by molar-refractivity contribution is 5.80. The predicted octanol–water partition coefficient (Wildman–Crippen LogP) is 1.39. The van der Waals surface area contributed by atoms with Crippen LogP contribution in [0.4, 0.5) is 0 Å². The zero-order valence-corrected chi connectivity index (χ0v) is 8.84. The molecule has 2 aromatic rings.